The lowest BCUT2D eigenvalue weighted by atomic mass is 9.88. The van der Waals surface area contributed by atoms with Crippen molar-refractivity contribution in [1.29, 1.82) is 0 Å². The zero-order chi connectivity index (χ0) is 30.4. The molecule has 0 aliphatic carbocycles. The van der Waals surface area contributed by atoms with Crippen LogP contribution in [0.5, 0.6) is 0 Å². The summed E-state index contributed by atoms with van der Waals surface area (Å²) in [6, 6.07) is 8.63. The Morgan fingerprint density at radius 3 is 2.29 bits per heavy atom. The maximum Gasteiger partial charge on any atom is 0.437 e. The molecule has 3 aromatic rings. The second-order valence-corrected chi connectivity index (χ2v) is 8.97. The van der Waals surface area contributed by atoms with Gasteiger partial charge in [-0.25, -0.2) is 0 Å². The number of halogens is 9. The zero-order valence-corrected chi connectivity index (χ0v) is 20.7. The lowest BCUT2D eigenvalue weighted by molar-refractivity contribution is -0.278. The standard InChI is InChI=1S/C24H18F9N5O3/c1-37-19(8-18(35-37)23(28,29)30)21(24(31,32)33)9-16(36-41-21)14-6-7-17(15-5-3-2-4-13(14)15)38(12-39)10-20(40)34-11-22(25,26)27/h2-8,12H,9-11H2,1H3,(H,34,40). The summed E-state index contributed by atoms with van der Waals surface area (Å²) in [7, 11) is 0.905. The van der Waals surface area contributed by atoms with Gasteiger partial charge in [0.05, 0.1) is 23.5 Å². The van der Waals surface area contributed by atoms with Crippen molar-refractivity contribution in [2.75, 3.05) is 18.0 Å². The molecule has 0 spiro atoms. The van der Waals surface area contributed by atoms with Gasteiger partial charge < -0.3 is 15.1 Å². The molecule has 1 aliphatic heterocycles. The SMILES string of the molecule is Cn1nc(C(F)(F)F)cc1C1(C(F)(F)F)CC(c2ccc(N(C=O)CC(=O)NCC(F)(F)F)c3ccccc23)=NO1. The summed E-state index contributed by atoms with van der Waals surface area (Å²) in [6.45, 7) is -2.42. The highest BCUT2D eigenvalue weighted by atomic mass is 19.4. The Hall–Kier alpha value is -4.31. The molecule has 1 aromatic heterocycles. The highest BCUT2D eigenvalue weighted by molar-refractivity contribution is 6.15. The van der Waals surface area contributed by atoms with Gasteiger partial charge in [-0.05, 0) is 17.5 Å². The Bertz CT molecular complexity index is 1510. The van der Waals surface area contributed by atoms with Gasteiger partial charge in [-0.3, -0.25) is 14.3 Å². The van der Waals surface area contributed by atoms with Crippen molar-refractivity contribution in [3.05, 3.63) is 59.4 Å². The van der Waals surface area contributed by atoms with Crippen LogP contribution < -0.4 is 10.2 Å². The van der Waals surface area contributed by atoms with Crippen molar-refractivity contribution in [2.45, 2.75) is 30.6 Å². The van der Waals surface area contributed by atoms with E-state index in [1.807, 2.05) is 0 Å². The van der Waals surface area contributed by atoms with E-state index in [9.17, 15) is 49.1 Å². The van der Waals surface area contributed by atoms with E-state index in [0.717, 1.165) is 11.9 Å². The molecule has 1 atom stereocenters. The molecule has 1 N–H and O–H groups in total. The van der Waals surface area contributed by atoms with Gasteiger partial charge in [-0.1, -0.05) is 35.5 Å². The topological polar surface area (TPSA) is 88.8 Å². The van der Waals surface area contributed by atoms with Gasteiger partial charge in [0.1, 0.15) is 13.1 Å². The number of anilines is 1. The van der Waals surface area contributed by atoms with E-state index in [1.54, 1.807) is 5.32 Å². The van der Waals surface area contributed by atoms with Crippen LogP contribution in [0, 0.1) is 0 Å². The number of carbonyl (C=O) groups excluding carboxylic acids is 2. The summed E-state index contributed by atoms with van der Waals surface area (Å²) >= 11 is 0. The predicted molar refractivity (Wildman–Crippen MR) is 125 cm³/mol. The molecule has 0 saturated heterocycles. The van der Waals surface area contributed by atoms with Crippen molar-refractivity contribution in [1.82, 2.24) is 15.1 Å². The first kappa shape index (κ1) is 29.7. The quantitative estimate of drug-likeness (QED) is 0.314. The second kappa shape index (κ2) is 10.3. The summed E-state index contributed by atoms with van der Waals surface area (Å²) < 4.78 is 120. The van der Waals surface area contributed by atoms with Crippen molar-refractivity contribution in [3.63, 3.8) is 0 Å². The van der Waals surface area contributed by atoms with E-state index < -0.39 is 60.9 Å². The summed E-state index contributed by atoms with van der Waals surface area (Å²) in [4.78, 5) is 29.4. The smallest absolute Gasteiger partial charge is 0.372 e. The molecule has 220 valence electrons. The summed E-state index contributed by atoms with van der Waals surface area (Å²) in [5, 5.41) is 8.79. The number of rotatable bonds is 7. The largest absolute Gasteiger partial charge is 0.437 e. The maximum atomic E-state index is 14.4. The van der Waals surface area contributed by atoms with Crippen LogP contribution in [0.15, 0.2) is 47.6 Å². The Morgan fingerprint density at radius 2 is 1.73 bits per heavy atom. The first-order valence-corrected chi connectivity index (χ1v) is 11.5. The number of alkyl halides is 9. The van der Waals surface area contributed by atoms with E-state index in [2.05, 4.69) is 10.3 Å². The van der Waals surface area contributed by atoms with Gasteiger partial charge in [0.25, 0.3) is 5.60 Å². The number of oxime groups is 1. The molecule has 1 unspecified atom stereocenters. The van der Waals surface area contributed by atoms with Crippen LogP contribution in [0.25, 0.3) is 10.8 Å². The van der Waals surface area contributed by atoms with E-state index >= 15 is 0 Å². The Morgan fingerprint density at radius 1 is 1.07 bits per heavy atom. The highest BCUT2D eigenvalue weighted by Gasteiger charge is 2.64. The van der Waals surface area contributed by atoms with Crippen molar-refractivity contribution in [2.24, 2.45) is 12.2 Å². The Balaban J connectivity index is 1.71. The molecule has 2 amide bonds. The predicted octanol–water partition coefficient (Wildman–Crippen LogP) is 4.82. The number of nitrogens with one attached hydrogen (secondary N) is 1. The number of benzene rings is 2. The molecule has 41 heavy (non-hydrogen) atoms. The third-order valence-electron chi connectivity index (χ3n) is 6.22. The molecule has 2 heterocycles. The van der Waals surface area contributed by atoms with E-state index in [-0.39, 0.29) is 40.2 Å². The number of nitrogens with zero attached hydrogens (tertiary/aromatic N) is 4. The van der Waals surface area contributed by atoms with Gasteiger partial charge in [0.15, 0.2) is 5.69 Å². The van der Waals surface area contributed by atoms with Crippen molar-refractivity contribution < 1.29 is 53.9 Å². The van der Waals surface area contributed by atoms with E-state index in [4.69, 9.17) is 4.84 Å². The fourth-order valence-corrected chi connectivity index (χ4v) is 4.37. The first-order chi connectivity index (χ1) is 19.0. The molecule has 1 aliphatic rings. The molecule has 0 fully saturated rings. The summed E-state index contributed by atoms with van der Waals surface area (Å²) in [6.07, 6.45) is -15.8. The first-order valence-electron chi connectivity index (χ1n) is 11.5. The number of aromatic nitrogens is 2. The van der Waals surface area contributed by atoms with Gasteiger partial charge in [-0.2, -0.15) is 44.6 Å². The average molecular weight is 595 g/mol. The lowest BCUT2D eigenvalue weighted by Crippen LogP contribution is -2.44. The second-order valence-electron chi connectivity index (χ2n) is 8.97. The van der Waals surface area contributed by atoms with Crippen LogP contribution >= 0.6 is 0 Å². The lowest BCUT2D eigenvalue weighted by Gasteiger charge is -2.29. The highest BCUT2D eigenvalue weighted by Crippen LogP contribution is 2.50. The normalized spacial score (nSPS) is 17.8. The molecule has 17 heteroatoms. The molecular weight excluding hydrogens is 577 g/mol. The Kier molecular flexibility index (Phi) is 7.43. The zero-order valence-electron chi connectivity index (χ0n) is 20.7. The molecular formula is C24H18F9N5O3. The van der Waals surface area contributed by atoms with Gasteiger partial charge >= 0.3 is 18.5 Å². The minimum Gasteiger partial charge on any atom is -0.372 e. The third-order valence-corrected chi connectivity index (χ3v) is 6.22. The third kappa shape index (κ3) is 5.78. The summed E-state index contributed by atoms with van der Waals surface area (Å²) in [5.41, 5.74) is -5.97. The van der Waals surface area contributed by atoms with Crippen molar-refractivity contribution >= 4 is 34.5 Å². The minimum atomic E-state index is -5.23. The number of carbonyl (C=O) groups is 2. The monoisotopic (exact) mass is 595 g/mol. The van der Waals surface area contributed by atoms with Crippen LogP contribution in [0.3, 0.4) is 0 Å². The van der Waals surface area contributed by atoms with Gasteiger partial charge in [0, 0.05) is 18.0 Å². The fraction of sp³-hybridized carbons (Fsp3) is 0.333. The number of aryl methyl sites for hydroxylation is 1. The minimum absolute atomic E-state index is 0.0459. The number of hydrogen-bond acceptors (Lipinski definition) is 5. The number of fused-ring (bicyclic) bond motifs is 1. The summed E-state index contributed by atoms with van der Waals surface area (Å²) in [5.74, 6) is -1.12. The number of hydrogen-bond donors (Lipinski definition) is 1. The van der Waals surface area contributed by atoms with Gasteiger partial charge in [-0.15, -0.1) is 0 Å². The molecule has 0 bridgehead atoms. The van der Waals surface area contributed by atoms with Crippen LogP contribution in [-0.4, -0.2) is 53.3 Å². The maximum absolute atomic E-state index is 14.4. The molecule has 0 radical (unpaired) electrons. The molecule has 4 rings (SSSR count). The van der Waals surface area contributed by atoms with Crippen molar-refractivity contribution in [3.8, 4) is 0 Å². The van der Waals surface area contributed by atoms with Crippen LogP contribution in [0.1, 0.15) is 23.4 Å². The van der Waals surface area contributed by atoms with E-state index in [1.165, 1.54) is 36.4 Å². The van der Waals surface area contributed by atoms with Crippen LogP contribution in [-0.2, 0) is 33.3 Å². The van der Waals surface area contributed by atoms with E-state index in [0.29, 0.717) is 4.68 Å². The van der Waals surface area contributed by atoms with Crippen LogP contribution in [0.2, 0.25) is 0 Å². The fourth-order valence-electron chi connectivity index (χ4n) is 4.37. The molecule has 2 aromatic carbocycles. The molecule has 0 saturated carbocycles. The molecule has 8 nitrogen and oxygen atoms in total. The van der Waals surface area contributed by atoms with Crippen LogP contribution in [0.4, 0.5) is 45.2 Å². The number of amides is 2. The Labute approximate surface area is 224 Å². The van der Waals surface area contributed by atoms with Gasteiger partial charge in [0.2, 0.25) is 12.3 Å². The average Bonchev–Trinajstić information content (AvgIpc) is 3.50.